The van der Waals surface area contributed by atoms with Crippen LogP contribution in [-0.2, 0) is 0 Å². The lowest BCUT2D eigenvalue weighted by molar-refractivity contribution is 0.227. The molecule has 1 atom stereocenters. The van der Waals surface area contributed by atoms with E-state index >= 15 is 0 Å². The molecule has 1 aromatic rings. The molecule has 0 aliphatic carbocycles. The van der Waals surface area contributed by atoms with Crippen molar-refractivity contribution in [2.45, 2.75) is 30.5 Å². The molecule has 5 nitrogen and oxygen atoms in total. The van der Waals surface area contributed by atoms with Crippen LogP contribution >= 0.6 is 11.8 Å². The van der Waals surface area contributed by atoms with E-state index in [1.807, 2.05) is 6.26 Å². The van der Waals surface area contributed by atoms with Crippen molar-refractivity contribution in [2.75, 3.05) is 32.2 Å². The van der Waals surface area contributed by atoms with Crippen LogP contribution in [0.15, 0.2) is 11.2 Å². The molecule has 1 unspecified atom stereocenters. The highest BCUT2D eigenvalue weighted by molar-refractivity contribution is 7.98. The number of ether oxygens (including phenoxy) is 1. The minimum atomic E-state index is 0.460. The molecular weight excluding hydrogens is 248 g/mol. The Bertz CT molecular complexity index is 402. The average molecular weight is 268 g/mol. The van der Waals surface area contributed by atoms with Crippen molar-refractivity contribution in [3.05, 3.63) is 6.07 Å². The van der Waals surface area contributed by atoms with Crippen molar-refractivity contribution in [1.29, 1.82) is 0 Å². The minimum Gasteiger partial charge on any atom is -0.477 e. The molecule has 1 aliphatic heterocycles. The summed E-state index contributed by atoms with van der Waals surface area (Å²) in [7, 11) is 2.17. The molecule has 0 spiro atoms. The van der Waals surface area contributed by atoms with Gasteiger partial charge in [0.05, 0.1) is 6.61 Å². The molecule has 1 fully saturated rings. The first-order valence-corrected chi connectivity index (χ1v) is 7.43. The van der Waals surface area contributed by atoms with Gasteiger partial charge in [0.25, 0.3) is 0 Å². The number of nitrogens with two attached hydrogens (primary N) is 1. The van der Waals surface area contributed by atoms with E-state index in [4.69, 9.17) is 10.5 Å². The molecule has 0 bridgehead atoms. The smallest absolute Gasteiger partial charge is 0.219 e. The van der Waals surface area contributed by atoms with Crippen molar-refractivity contribution < 1.29 is 4.74 Å². The third kappa shape index (κ3) is 3.49. The fourth-order valence-corrected chi connectivity index (χ4v) is 2.61. The number of rotatable bonds is 5. The Balaban J connectivity index is 1.84. The van der Waals surface area contributed by atoms with Crippen molar-refractivity contribution in [3.8, 4) is 5.88 Å². The lowest BCUT2D eigenvalue weighted by Gasteiger charge is -2.19. The van der Waals surface area contributed by atoms with Crippen LogP contribution < -0.4 is 10.5 Å². The maximum Gasteiger partial charge on any atom is 0.219 e. The quantitative estimate of drug-likeness (QED) is 0.647. The zero-order valence-electron chi connectivity index (χ0n) is 10.9. The second-order valence-electron chi connectivity index (χ2n) is 4.53. The SMILES string of the molecule is CSc1nc(N)cc(OCCC2CCCN2C)n1. The summed E-state index contributed by atoms with van der Waals surface area (Å²) < 4.78 is 5.67. The van der Waals surface area contributed by atoms with E-state index in [2.05, 4.69) is 21.9 Å². The van der Waals surface area contributed by atoms with Gasteiger partial charge in [-0.15, -0.1) is 0 Å². The number of thioether (sulfide) groups is 1. The predicted octanol–water partition coefficient (Wildman–Crippen LogP) is 1.64. The van der Waals surface area contributed by atoms with Gasteiger partial charge in [-0.25, -0.2) is 4.98 Å². The number of likely N-dealkylation sites (tertiary alicyclic amines) is 1. The summed E-state index contributed by atoms with van der Waals surface area (Å²) in [5, 5.41) is 0.656. The summed E-state index contributed by atoms with van der Waals surface area (Å²) >= 11 is 1.47. The summed E-state index contributed by atoms with van der Waals surface area (Å²) in [6.07, 6.45) is 5.52. The Morgan fingerprint density at radius 1 is 1.56 bits per heavy atom. The van der Waals surface area contributed by atoms with Crippen LogP contribution in [0.1, 0.15) is 19.3 Å². The second kappa shape index (κ2) is 6.24. The first-order valence-electron chi connectivity index (χ1n) is 6.20. The number of anilines is 1. The van der Waals surface area contributed by atoms with Crippen molar-refractivity contribution >= 4 is 17.6 Å². The van der Waals surface area contributed by atoms with Gasteiger partial charge in [0.2, 0.25) is 5.88 Å². The molecule has 0 aromatic carbocycles. The van der Waals surface area contributed by atoms with Gasteiger partial charge in [0.15, 0.2) is 5.16 Å². The number of aromatic nitrogens is 2. The third-order valence-electron chi connectivity index (χ3n) is 3.26. The summed E-state index contributed by atoms with van der Waals surface area (Å²) in [4.78, 5) is 10.8. The van der Waals surface area contributed by atoms with E-state index in [1.54, 1.807) is 6.07 Å². The topological polar surface area (TPSA) is 64.3 Å². The van der Waals surface area contributed by atoms with Crippen molar-refractivity contribution in [1.82, 2.24) is 14.9 Å². The van der Waals surface area contributed by atoms with Crippen molar-refractivity contribution in [3.63, 3.8) is 0 Å². The zero-order chi connectivity index (χ0) is 13.0. The van der Waals surface area contributed by atoms with E-state index in [-0.39, 0.29) is 0 Å². The van der Waals surface area contributed by atoms with Gasteiger partial charge in [0.1, 0.15) is 5.82 Å². The van der Waals surface area contributed by atoms with E-state index in [1.165, 1.54) is 31.1 Å². The summed E-state index contributed by atoms with van der Waals surface area (Å²) in [5.41, 5.74) is 5.70. The Labute approximate surface area is 112 Å². The normalized spacial score (nSPS) is 20.2. The fraction of sp³-hybridized carbons (Fsp3) is 0.667. The Morgan fingerprint density at radius 3 is 3.06 bits per heavy atom. The van der Waals surface area contributed by atoms with Gasteiger partial charge in [-0.2, -0.15) is 4.98 Å². The van der Waals surface area contributed by atoms with Crippen molar-refractivity contribution in [2.24, 2.45) is 0 Å². The molecule has 2 heterocycles. The molecule has 18 heavy (non-hydrogen) atoms. The Hall–Kier alpha value is -1.01. The highest BCUT2D eigenvalue weighted by Gasteiger charge is 2.20. The molecule has 0 saturated carbocycles. The zero-order valence-corrected chi connectivity index (χ0v) is 11.7. The summed E-state index contributed by atoms with van der Waals surface area (Å²) in [6.45, 7) is 1.88. The van der Waals surface area contributed by atoms with E-state index < -0.39 is 0 Å². The molecule has 0 amide bonds. The maximum absolute atomic E-state index is 5.70. The standard InChI is InChI=1S/C12H20N4OS/c1-16-6-3-4-9(16)5-7-17-11-8-10(13)14-12(15-11)18-2/h8-9H,3-7H2,1-2H3,(H2,13,14,15). The van der Waals surface area contributed by atoms with Gasteiger partial charge in [-0.1, -0.05) is 11.8 Å². The van der Waals surface area contributed by atoms with Crippen LogP contribution in [0.25, 0.3) is 0 Å². The molecule has 2 N–H and O–H groups in total. The number of nitrogen functional groups attached to an aromatic ring is 1. The number of hydrogen-bond acceptors (Lipinski definition) is 6. The maximum atomic E-state index is 5.70. The molecule has 2 rings (SSSR count). The van der Waals surface area contributed by atoms with Gasteiger partial charge >= 0.3 is 0 Å². The van der Waals surface area contributed by atoms with Gasteiger partial charge < -0.3 is 15.4 Å². The Kier molecular flexibility index (Phi) is 4.66. The molecule has 0 radical (unpaired) electrons. The van der Waals surface area contributed by atoms with E-state index in [0.29, 0.717) is 29.5 Å². The highest BCUT2D eigenvalue weighted by atomic mass is 32.2. The minimum absolute atomic E-state index is 0.460. The van der Waals surface area contributed by atoms with Crippen LogP contribution in [0, 0.1) is 0 Å². The van der Waals surface area contributed by atoms with Crippen LogP contribution in [0.3, 0.4) is 0 Å². The predicted molar refractivity (Wildman–Crippen MR) is 74.0 cm³/mol. The Morgan fingerprint density at radius 2 is 2.39 bits per heavy atom. The van der Waals surface area contributed by atoms with Gasteiger partial charge in [-0.3, -0.25) is 0 Å². The van der Waals surface area contributed by atoms with E-state index in [9.17, 15) is 0 Å². The largest absolute Gasteiger partial charge is 0.477 e. The lowest BCUT2D eigenvalue weighted by atomic mass is 10.1. The van der Waals surface area contributed by atoms with Crippen LogP contribution in [0.5, 0.6) is 5.88 Å². The monoisotopic (exact) mass is 268 g/mol. The number of hydrogen-bond donors (Lipinski definition) is 1. The molecular formula is C12H20N4OS. The highest BCUT2D eigenvalue weighted by Crippen LogP contribution is 2.20. The number of nitrogens with zero attached hydrogens (tertiary/aromatic N) is 3. The first kappa shape index (κ1) is 13.4. The molecule has 1 aliphatic rings. The first-order chi connectivity index (χ1) is 8.69. The second-order valence-corrected chi connectivity index (χ2v) is 5.30. The van der Waals surface area contributed by atoms with Crippen LogP contribution in [0.2, 0.25) is 0 Å². The molecule has 6 heteroatoms. The summed E-state index contributed by atoms with van der Waals surface area (Å²) in [6, 6.07) is 2.32. The molecule has 100 valence electrons. The lowest BCUT2D eigenvalue weighted by Crippen LogP contribution is -2.26. The van der Waals surface area contributed by atoms with Gasteiger partial charge in [0, 0.05) is 12.1 Å². The summed E-state index contributed by atoms with van der Waals surface area (Å²) in [5.74, 6) is 1.04. The molecule has 1 saturated heterocycles. The van der Waals surface area contributed by atoms with Gasteiger partial charge in [-0.05, 0) is 39.1 Å². The van der Waals surface area contributed by atoms with E-state index in [0.717, 1.165) is 6.42 Å². The molecule has 1 aromatic heterocycles. The fourth-order valence-electron chi connectivity index (χ4n) is 2.23. The average Bonchev–Trinajstić information content (AvgIpc) is 2.74. The van der Waals surface area contributed by atoms with Crippen LogP contribution in [-0.4, -0.2) is 47.4 Å². The van der Waals surface area contributed by atoms with Crippen LogP contribution in [0.4, 0.5) is 5.82 Å². The third-order valence-corrected chi connectivity index (χ3v) is 3.80.